The van der Waals surface area contributed by atoms with Crippen LogP contribution in [0.25, 0.3) is 0 Å². The molecule has 1 aromatic carbocycles. The monoisotopic (exact) mass is 303 g/mol. The molecule has 0 fully saturated rings. The summed E-state index contributed by atoms with van der Waals surface area (Å²) in [5.41, 5.74) is 2.88. The molecule has 0 saturated carbocycles. The van der Waals surface area contributed by atoms with Gasteiger partial charge in [-0.3, -0.25) is 0 Å². The van der Waals surface area contributed by atoms with Crippen molar-refractivity contribution in [2.45, 2.75) is 49.6 Å². The maximum absolute atomic E-state index is 5.54. The van der Waals surface area contributed by atoms with Crippen molar-refractivity contribution in [2.24, 2.45) is 0 Å². The van der Waals surface area contributed by atoms with Crippen molar-refractivity contribution in [3.8, 4) is 0 Å². The van der Waals surface area contributed by atoms with Gasteiger partial charge in [-0.1, -0.05) is 43.0 Å². The smallest absolute Gasteiger partial charge is 0.276 e. The first-order valence-electron chi connectivity index (χ1n) is 7.56. The highest BCUT2D eigenvalue weighted by atomic mass is 32.2. The minimum atomic E-state index is 0.354. The minimum absolute atomic E-state index is 0.354. The summed E-state index contributed by atoms with van der Waals surface area (Å²) in [4.78, 5) is 0. The number of fused-ring (bicyclic) bond motifs is 1. The van der Waals surface area contributed by atoms with E-state index in [0.29, 0.717) is 22.4 Å². The van der Waals surface area contributed by atoms with Crippen molar-refractivity contribution >= 4 is 11.8 Å². The maximum Gasteiger partial charge on any atom is 0.276 e. The zero-order valence-corrected chi connectivity index (χ0v) is 13.3. The summed E-state index contributed by atoms with van der Waals surface area (Å²) in [7, 11) is 0. The molecule has 2 unspecified atom stereocenters. The predicted molar refractivity (Wildman–Crippen MR) is 84.5 cm³/mol. The number of benzene rings is 1. The van der Waals surface area contributed by atoms with E-state index < -0.39 is 0 Å². The molecule has 2 aromatic rings. The van der Waals surface area contributed by atoms with Crippen LogP contribution in [0, 0.1) is 6.92 Å². The number of nitrogens with zero attached hydrogens (tertiary/aromatic N) is 2. The van der Waals surface area contributed by atoms with Gasteiger partial charge < -0.3 is 9.73 Å². The van der Waals surface area contributed by atoms with Gasteiger partial charge in [0.2, 0.25) is 5.89 Å². The lowest BCUT2D eigenvalue weighted by Gasteiger charge is -2.33. The van der Waals surface area contributed by atoms with Crippen LogP contribution in [0.3, 0.4) is 0 Å². The molecule has 0 radical (unpaired) electrons. The first-order valence-corrected chi connectivity index (χ1v) is 8.44. The van der Waals surface area contributed by atoms with Crippen molar-refractivity contribution in [3.05, 3.63) is 41.3 Å². The van der Waals surface area contributed by atoms with Crippen LogP contribution in [0.4, 0.5) is 0 Å². The summed E-state index contributed by atoms with van der Waals surface area (Å²) in [5, 5.41) is 12.9. The molecule has 1 aromatic heterocycles. The number of hydrogen-bond acceptors (Lipinski definition) is 5. The Morgan fingerprint density at radius 2 is 2.19 bits per heavy atom. The molecule has 5 heteroatoms. The van der Waals surface area contributed by atoms with Crippen LogP contribution in [0.5, 0.6) is 0 Å². The first-order chi connectivity index (χ1) is 10.3. The third kappa shape index (κ3) is 3.30. The summed E-state index contributed by atoms with van der Waals surface area (Å²) in [6, 6.07) is 9.10. The second kappa shape index (κ2) is 6.62. The number of aromatic nitrogens is 2. The van der Waals surface area contributed by atoms with Gasteiger partial charge in [-0.15, -0.1) is 10.2 Å². The van der Waals surface area contributed by atoms with E-state index in [1.54, 1.807) is 11.8 Å². The van der Waals surface area contributed by atoms with Crippen LogP contribution in [0.1, 0.15) is 42.8 Å². The molecule has 0 saturated heterocycles. The summed E-state index contributed by atoms with van der Waals surface area (Å²) in [6.07, 6.45) is 3.38. The Morgan fingerprint density at radius 1 is 1.33 bits per heavy atom. The standard InChI is InChI=1S/C16H21N3OS/c1-3-10-17-15-13-7-5-4-6-12(13)8-9-14(15)21-16-19-18-11(2)20-16/h4-7,14-15,17H,3,8-10H2,1-2H3. The highest BCUT2D eigenvalue weighted by Crippen LogP contribution is 2.39. The number of nitrogens with one attached hydrogen (secondary N) is 1. The normalized spacial score (nSPS) is 21.2. The average Bonchev–Trinajstić information content (AvgIpc) is 2.91. The van der Waals surface area contributed by atoms with Crippen LogP contribution in [0.15, 0.2) is 33.9 Å². The van der Waals surface area contributed by atoms with E-state index in [-0.39, 0.29) is 0 Å². The summed E-state index contributed by atoms with van der Waals surface area (Å²) in [6.45, 7) is 5.06. The quantitative estimate of drug-likeness (QED) is 0.916. The Hall–Kier alpha value is -1.33. The highest BCUT2D eigenvalue weighted by Gasteiger charge is 2.30. The molecule has 0 amide bonds. The molecule has 3 rings (SSSR count). The molecule has 21 heavy (non-hydrogen) atoms. The summed E-state index contributed by atoms with van der Waals surface area (Å²) < 4.78 is 5.54. The lowest BCUT2D eigenvalue weighted by molar-refractivity contribution is 0.421. The predicted octanol–water partition coefficient (Wildman–Crippen LogP) is 3.53. The number of rotatable bonds is 5. The second-order valence-corrected chi connectivity index (χ2v) is 6.60. The van der Waals surface area contributed by atoms with E-state index in [2.05, 4.69) is 46.7 Å². The fourth-order valence-electron chi connectivity index (χ4n) is 2.85. The van der Waals surface area contributed by atoms with Crippen LogP contribution < -0.4 is 5.32 Å². The maximum atomic E-state index is 5.54. The van der Waals surface area contributed by atoms with Gasteiger partial charge >= 0.3 is 0 Å². The van der Waals surface area contributed by atoms with E-state index in [9.17, 15) is 0 Å². The van der Waals surface area contributed by atoms with E-state index in [4.69, 9.17) is 4.42 Å². The zero-order valence-electron chi connectivity index (χ0n) is 12.5. The van der Waals surface area contributed by atoms with Crippen molar-refractivity contribution in [1.29, 1.82) is 0 Å². The highest BCUT2D eigenvalue weighted by molar-refractivity contribution is 7.99. The molecule has 0 spiro atoms. The van der Waals surface area contributed by atoms with Gasteiger partial charge in [0.15, 0.2) is 0 Å². The minimum Gasteiger partial charge on any atom is -0.416 e. The summed E-state index contributed by atoms with van der Waals surface area (Å²) >= 11 is 1.70. The average molecular weight is 303 g/mol. The second-order valence-electron chi connectivity index (χ2n) is 5.41. The van der Waals surface area contributed by atoms with Gasteiger partial charge in [0.25, 0.3) is 5.22 Å². The molecule has 1 heterocycles. The third-order valence-corrected chi connectivity index (χ3v) is 5.01. The fourth-order valence-corrected chi connectivity index (χ4v) is 3.98. The van der Waals surface area contributed by atoms with E-state index in [1.165, 1.54) is 11.1 Å². The van der Waals surface area contributed by atoms with Crippen LogP contribution in [0.2, 0.25) is 0 Å². The topological polar surface area (TPSA) is 51.0 Å². The number of aryl methyl sites for hydroxylation is 2. The van der Waals surface area contributed by atoms with Crippen molar-refractivity contribution in [2.75, 3.05) is 6.54 Å². The Labute approximate surface area is 129 Å². The van der Waals surface area contributed by atoms with Gasteiger partial charge in [0.1, 0.15) is 0 Å². The lowest BCUT2D eigenvalue weighted by Crippen LogP contribution is -2.34. The van der Waals surface area contributed by atoms with E-state index in [1.807, 2.05) is 6.92 Å². The first kappa shape index (κ1) is 14.6. The molecular weight excluding hydrogens is 282 g/mol. The van der Waals surface area contributed by atoms with Crippen LogP contribution >= 0.6 is 11.8 Å². The third-order valence-electron chi connectivity index (χ3n) is 3.83. The van der Waals surface area contributed by atoms with E-state index in [0.717, 1.165) is 25.8 Å². The fraction of sp³-hybridized carbons (Fsp3) is 0.500. The molecule has 0 aliphatic heterocycles. The molecule has 1 N–H and O–H groups in total. The van der Waals surface area contributed by atoms with Gasteiger partial charge in [0.05, 0.1) is 0 Å². The zero-order chi connectivity index (χ0) is 14.7. The number of hydrogen-bond donors (Lipinski definition) is 1. The van der Waals surface area contributed by atoms with Crippen molar-refractivity contribution in [3.63, 3.8) is 0 Å². The molecule has 2 atom stereocenters. The van der Waals surface area contributed by atoms with Crippen molar-refractivity contribution < 1.29 is 4.42 Å². The Morgan fingerprint density at radius 3 is 2.95 bits per heavy atom. The largest absolute Gasteiger partial charge is 0.416 e. The Bertz CT molecular complexity index is 599. The number of thioether (sulfide) groups is 1. The molecular formula is C16H21N3OS. The Kier molecular flexibility index (Phi) is 4.60. The van der Waals surface area contributed by atoms with Crippen LogP contribution in [-0.4, -0.2) is 22.0 Å². The van der Waals surface area contributed by atoms with Gasteiger partial charge in [-0.05, 0) is 36.9 Å². The van der Waals surface area contributed by atoms with Gasteiger partial charge in [0, 0.05) is 18.2 Å². The molecule has 0 bridgehead atoms. The van der Waals surface area contributed by atoms with Gasteiger partial charge in [-0.25, -0.2) is 0 Å². The van der Waals surface area contributed by atoms with E-state index >= 15 is 0 Å². The molecule has 1 aliphatic carbocycles. The summed E-state index contributed by atoms with van der Waals surface area (Å²) in [5.74, 6) is 0.631. The Balaban J connectivity index is 1.82. The SMILES string of the molecule is CCCNC1c2ccccc2CCC1Sc1nnc(C)o1. The van der Waals surface area contributed by atoms with Gasteiger partial charge in [-0.2, -0.15) is 0 Å². The van der Waals surface area contributed by atoms with Crippen LogP contribution in [-0.2, 0) is 6.42 Å². The molecule has 1 aliphatic rings. The van der Waals surface area contributed by atoms with Crippen molar-refractivity contribution in [1.82, 2.24) is 15.5 Å². The molecule has 4 nitrogen and oxygen atoms in total. The molecule has 112 valence electrons. The lowest BCUT2D eigenvalue weighted by atomic mass is 9.87.